The number of carboxylic acid groups (broad SMARTS) is 1. The number of aliphatic carboxylic acids is 1. The van der Waals surface area contributed by atoms with E-state index in [1.165, 1.54) is 4.70 Å². The minimum absolute atomic E-state index is 0.00126. The zero-order valence-corrected chi connectivity index (χ0v) is 29.5. The summed E-state index contributed by atoms with van der Waals surface area (Å²) in [5, 5.41) is 21.4. The van der Waals surface area contributed by atoms with E-state index in [-0.39, 0.29) is 31.1 Å². The van der Waals surface area contributed by atoms with Gasteiger partial charge in [0.05, 0.1) is 29.0 Å². The molecular weight excluding hydrogens is 669 g/mol. The molecule has 6 rings (SSSR count). The van der Waals surface area contributed by atoms with Crippen molar-refractivity contribution < 1.29 is 29.3 Å². The molecule has 1 amide bonds. The van der Waals surface area contributed by atoms with Crippen molar-refractivity contribution in [2.24, 2.45) is 0 Å². The first-order chi connectivity index (χ1) is 24.4. The third kappa shape index (κ3) is 10.0. The molecular formula is C40H42N2O6S2. The Kier molecular flexibility index (Phi) is 12.7. The molecule has 50 heavy (non-hydrogen) atoms. The molecule has 4 aromatic carbocycles. The molecule has 0 saturated carbocycles. The van der Waals surface area contributed by atoms with Crippen LogP contribution in [0.5, 0.6) is 0 Å². The third-order valence-electron chi connectivity index (χ3n) is 8.74. The highest BCUT2D eigenvalue weighted by molar-refractivity contribution is 8.01. The average molecular weight is 711 g/mol. The minimum Gasteiger partial charge on any atom is -0.481 e. The number of hydrogen-bond donors (Lipinski definition) is 3. The third-order valence-corrected chi connectivity index (χ3v) is 11.0. The zero-order valence-electron chi connectivity index (χ0n) is 27.8. The van der Waals surface area contributed by atoms with Crippen LogP contribution in [-0.4, -0.2) is 38.9 Å². The van der Waals surface area contributed by atoms with Gasteiger partial charge in [-0.3, -0.25) is 9.59 Å². The monoisotopic (exact) mass is 710 g/mol. The number of thiazole rings is 1. The summed E-state index contributed by atoms with van der Waals surface area (Å²) < 4.78 is 15.4. The van der Waals surface area contributed by atoms with E-state index in [1.54, 1.807) is 23.1 Å². The molecule has 0 bridgehead atoms. The Labute approximate surface area is 300 Å². The van der Waals surface area contributed by atoms with Crippen molar-refractivity contribution in [2.45, 2.75) is 80.9 Å². The number of aliphatic hydroxyl groups excluding tert-OH is 1. The molecule has 5 aromatic rings. The van der Waals surface area contributed by atoms with Crippen molar-refractivity contribution >= 4 is 45.2 Å². The van der Waals surface area contributed by atoms with E-state index >= 15 is 0 Å². The first-order valence-corrected chi connectivity index (χ1v) is 18.9. The summed E-state index contributed by atoms with van der Waals surface area (Å²) in [6.45, 7) is 0.432. The summed E-state index contributed by atoms with van der Waals surface area (Å²) in [4.78, 5) is 27.9. The van der Waals surface area contributed by atoms with Crippen LogP contribution in [-0.2, 0) is 32.2 Å². The molecule has 3 atom stereocenters. The predicted octanol–water partition coefficient (Wildman–Crippen LogP) is 8.83. The van der Waals surface area contributed by atoms with Crippen LogP contribution in [0.2, 0.25) is 0 Å². The average Bonchev–Trinajstić information content (AvgIpc) is 3.58. The Balaban J connectivity index is 1.11. The number of hydrogen-bond acceptors (Lipinski definition) is 8. The second kappa shape index (κ2) is 17.7. The lowest BCUT2D eigenvalue weighted by Crippen LogP contribution is -2.31. The van der Waals surface area contributed by atoms with Crippen molar-refractivity contribution in [2.75, 3.05) is 5.75 Å². The van der Waals surface area contributed by atoms with Crippen LogP contribution < -0.4 is 5.32 Å². The number of aliphatic hydroxyl groups is 1. The van der Waals surface area contributed by atoms with Gasteiger partial charge in [-0.05, 0) is 64.9 Å². The van der Waals surface area contributed by atoms with Gasteiger partial charge < -0.3 is 25.0 Å². The number of thioether (sulfide) groups is 1. The fourth-order valence-electron chi connectivity index (χ4n) is 6.03. The number of carbonyl (C=O) groups excluding carboxylic acids is 1. The maximum absolute atomic E-state index is 12.4. The highest BCUT2D eigenvalue weighted by atomic mass is 32.2. The lowest BCUT2D eigenvalue weighted by molar-refractivity contribution is -0.245. The molecule has 3 N–H and O–H groups in total. The summed E-state index contributed by atoms with van der Waals surface area (Å²) in [5.74, 6) is -0.0373. The van der Waals surface area contributed by atoms with Crippen LogP contribution in [0, 0.1) is 0 Å². The van der Waals surface area contributed by atoms with E-state index in [0.717, 1.165) is 68.3 Å². The van der Waals surface area contributed by atoms with Crippen LogP contribution in [0.1, 0.15) is 79.6 Å². The Morgan fingerprint density at radius 3 is 2.36 bits per heavy atom. The molecule has 260 valence electrons. The van der Waals surface area contributed by atoms with Crippen molar-refractivity contribution in [1.29, 1.82) is 0 Å². The summed E-state index contributed by atoms with van der Waals surface area (Å²) in [5.41, 5.74) is 6.92. The smallest absolute Gasteiger partial charge is 0.303 e. The zero-order chi connectivity index (χ0) is 34.7. The molecule has 0 unspecified atom stereocenters. The number of amides is 1. The van der Waals surface area contributed by atoms with Crippen LogP contribution in [0.25, 0.3) is 21.3 Å². The van der Waals surface area contributed by atoms with Crippen LogP contribution in [0.4, 0.5) is 0 Å². The number of nitrogens with zero attached hydrogens (tertiary/aromatic N) is 1. The van der Waals surface area contributed by atoms with Crippen molar-refractivity contribution in [3.05, 3.63) is 119 Å². The van der Waals surface area contributed by atoms with E-state index < -0.39 is 12.3 Å². The lowest BCUT2D eigenvalue weighted by Gasteiger charge is -2.36. The van der Waals surface area contributed by atoms with Gasteiger partial charge in [-0.1, -0.05) is 97.4 Å². The van der Waals surface area contributed by atoms with Gasteiger partial charge in [0.1, 0.15) is 0 Å². The summed E-state index contributed by atoms with van der Waals surface area (Å²) in [6, 6.07) is 32.5. The fourth-order valence-corrected chi connectivity index (χ4v) is 8.14. The summed E-state index contributed by atoms with van der Waals surface area (Å²) >= 11 is 3.41. The number of carbonyl (C=O) groups is 2. The molecule has 1 aliphatic rings. The normalized spacial score (nSPS) is 17.5. The van der Waals surface area contributed by atoms with Gasteiger partial charge in [0.15, 0.2) is 10.6 Å². The van der Waals surface area contributed by atoms with Crippen molar-refractivity contribution in [3.63, 3.8) is 0 Å². The molecule has 2 heterocycles. The van der Waals surface area contributed by atoms with E-state index in [1.807, 2.05) is 66.7 Å². The molecule has 0 radical (unpaired) electrons. The molecule has 0 spiro atoms. The number of fused-ring (bicyclic) bond motifs is 1. The number of nitrogens with one attached hydrogen (secondary N) is 1. The molecule has 1 aromatic heterocycles. The Bertz CT molecular complexity index is 1840. The van der Waals surface area contributed by atoms with Gasteiger partial charge >= 0.3 is 5.97 Å². The first-order valence-electron chi connectivity index (χ1n) is 17.1. The van der Waals surface area contributed by atoms with Crippen LogP contribution in [0.15, 0.2) is 101 Å². The molecule has 1 fully saturated rings. The predicted molar refractivity (Wildman–Crippen MR) is 198 cm³/mol. The van der Waals surface area contributed by atoms with E-state index in [0.29, 0.717) is 25.8 Å². The summed E-state index contributed by atoms with van der Waals surface area (Å²) in [6.07, 6.45) is 3.55. The largest absolute Gasteiger partial charge is 0.481 e. The lowest BCUT2D eigenvalue weighted by atomic mass is 9.99. The molecule has 0 aliphatic carbocycles. The van der Waals surface area contributed by atoms with E-state index in [2.05, 4.69) is 35.6 Å². The molecule has 1 aliphatic heterocycles. The van der Waals surface area contributed by atoms with Gasteiger partial charge in [-0.15, -0.1) is 11.3 Å². The highest BCUT2D eigenvalue weighted by Crippen LogP contribution is 2.41. The molecule has 10 heteroatoms. The Hall–Kier alpha value is -4.06. The standard InChI is InChI=1S/C40H42N2O6S2/c43-25-27-17-19-29(20-18-27)35-23-33(26-49-40-42-34-13-5-6-14-36(34)50-40)47-39(48-35)32-12-8-11-31(22-32)30-10-7-9-28(21-30)24-41-37(44)15-3-1-2-4-16-38(45)46/h5-14,17-22,33,35,39,43H,1-4,15-16,23-26H2,(H,41,44)(H,45,46)/t33-,35+,39+/m1/s1. The SMILES string of the molecule is O=C(O)CCCCCCC(=O)NCc1cccc(-c2cccc([C@H]3O[C@@H](CSc4nc5ccccc5s4)C[C@@H](c4ccc(CO)cc4)O3)c2)c1. The minimum atomic E-state index is -0.775. The molecule has 1 saturated heterocycles. The van der Waals surface area contributed by atoms with Crippen LogP contribution in [0.3, 0.4) is 0 Å². The van der Waals surface area contributed by atoms with E-state index in [9.17, 15) is 14.7 Å². The second-order valence-corrected chi connectivity index (χ2v) is 14.8. The number of para-hydroxylation sites is 1. The maximum Gasteiger partial charge on any atom is 0.303 e. The number of ether oxygens (including phenoxy) is 2. The number of aromatic nitrogens is 1. The van der Waals surface area contributed by atoms with Gasteiger partial charge in [0, 0.05) is 37.1 Å². The number of unbranched alkanes of at least 4 members (excludes halogenated alkanes) is 3. The number of benzene rings is 4. The van der Waals surface area contributed by atoms with Gasteiger partial charge in [-0.2, -0.15) is 0 Å². The van der Waals surface area contributed by atoms with Crippen molar-refractivity contribution in [3.8, 4) is 11.1 Å². The quantitative estimate of drug-likeness (QED) is 0.0687. The maximum atomic E-state index is 12.4. The van der Waals surface area contributed by atoms with Crippen LogP contribution >= 0.6 is 23.1 Å². The Morgan fingerprint density at radius 1 is 0.820 bits per heavy atom. The second-order valence-electron chi connectivity index (χ2n) is 12.5. The van der Waals surface area contributed by atoms with Gasteiger partial charge in [0.25, 0.3) is 0 Å². The number of carboxylic acids is 1. The summed E-state index contributed by atoms with van der Waals surface area (Å²) in [7, 11) is 0. The molecule has 8 nitrogen and oxygen atoms in total. The van der Waals surface area contributed by atoms with Gasteiger partial charge in [0.2, 0.25) is 5.91 Å². The fraction of sp³-hybridized carbons (Fsp3) is 0.325. The Morgan fingerprint density at radius 2 is 1.58 bits per heavy atom. The first kappa shape index (κ1) is 35.8. The van der Waals surface area contributed by atoms with Gasteiger partial charge in [-0.25, -0.2) is 4.98 Å². The highest BCUT2D eigenvalue weighted by Gasteiger charge is 2.32. The van der Waals surface area contributed by atoms with Crippen molar-refractivity contribution in [1.82, 2.24) is 10.3 Å². The number of rotatable bonds is 16. The topological polar surface area (TPSA) is 118 Å². The van der Waals surface area contributed by atoms with E-state index in [4.69, 9.17) is 19.6 Å².